The molecule has 0 spiro atoms. The Morgan fingerprint density at radius 1 is 0.885 bits per heavy atom. The van der Waals surface area contributed by atoms with Gasteiger partial charge in [0, 0.05) is 26.1 Å². The van der Waals surface area contributed by atoms with Gasteiger partial charge in [-0.1, -0.05) is 95.0 Å². The molecule has 0 heterocycles. The molecule has 0 bridgehead atoms. The van der Waals surface area contributed by atoms with Crippen LogP contribution in [0.3, 0.4) is 0 Å². The number of unbranched alkanes of at least 4 members (excludes halogenated alkanes) is 5. The number of ether oxygens (including phenoxy) is 2. The standard InChI is InChI=1S/C24H40O2/c1-4-5-6-7-8-15-20-23(21-16-11-9-12-17-21)24(25-2,26-3)22-18-13-10-14-19-22/h9,11-12,16-17,22-23H,4-8,10,13-15,18-20H2,1-3H3. The van der Waals surface area contributed by atoms with Gasteiger partial charge >= 0.3 is 0 Å². The Labute approximate surface area is 161 Å². The van der Waals surface area contributed by atoms with E-state index >= 15 is 0 Å². The Hall–Kier alpha value is -0.860. The van der Waals surface area contributed by atoms with Crippen LogP contribution in [0.5, 0.6) is 0 Å². The summed E-state index contributed by atoms with van der Waals surface area (Å²) in [5.41, 5.74) is 1.37. The van der Waals surface area contributed by atoms with Crippen molar-refractivity contribution in [2.45, 2.75) is 95.7 Å². The molecule has 1 atom stereocenters. The van der Waals surface area contributed by atoms with Crippen molar-refractivity contribution in [3.05, 3.63) is 35.9 Å². The summed E-state index contributed by atoms with van der Waals surface area (Å²) in [7, 11) is 3.71. The van der Waals surface area contributed by atoms with E-state index in [1.165, 1.54) is 76.2 Å². The minimum absolute atomic E-state index is 0.313. The van der Waals surface area contributed by atoms with Crippen molar-refractivity contribution >= 4 is 0 Å². The molecule has 2 rings (SSSR count). The Morgan fingerprint density at radius 3 is 2.12 bits per heavy atom. The summed E-state index contributed by atoms with van der Waals surface area (Å²) in [6, 6.07) is 10.9. The molecule has 0 aliphatic heterocycles. The fourth-order valence-corrected chi connectivity index (χ4v) is 4.90. The van der Waals surface area contributed by atoms with Gasteiger partial charge in [-0.25, -0.2) is 0 Å². The van der Waals surface area contributed by atoms with Crippen LogP contribution in [0.2, 0.25) is 0 Å². The predicted molar refractivity (Wildman–Crippen MR) is 111 cm³/mol. The van der Waals surface area contributed by atoms with Crippen LogP contribution in [0.4, 0.5) is 0 Å². The lowest BCUT2D eigenvalue weighted by atomic mass is 9.73. The second-order valence-corrected chi connectivity index (χ2v) is 7.98. The first-order valence-corrected chi connectivity index (χ1v) is 10.9. The van der Waals surface area contributed by atoms with Gasteiger partial charge in [-0.15, -0.1) is 0 Å². The Balaban J connectivity index is 2.14. The van der Waals surface area contributed by atoms with Crippen LogP contribution < -0.4 is 0 Å². The first-order chi connectivity index (χ1) is 12.8. The van der Waals surface area contributed by atoms with Gasteiger partial charge in [0.2, 0.25) is 0 Å². The number of rotatable bonds is 12. The molecule has 1 unspecified atom stereocenters. The minimum Gasteiger partial charge on any atom is -0.352 e. The molecule has 1 saturated carbocycles. The van der Waals surface area contributed by atoms with Gasteiger partial charge in [0.1, 0.15) is 0 Å². The normalized spacial score (nSPS) is 17.3. The van der Waals surface area contributed by atoms with Crippen LogP contribution >= 0.6 is 0 Å². The zero-order valence-corrected chi connectivity index (χ0v) is 17.3. The summed E-state index contributed by atoms with van der Waals surface area (Å²) in [4.78, 5) is 0. The molecular formula is C24H40O2. The zero-order chi connectivity index (χ0) is 18.7. The summed E-state index contributed by atoms with van der Waals surface area (Å²) >= 11 is 0. The van der Waals surface area contributed by atoms with E-state index in [0.29, 0.717) is 11.8 Å². The van der Waals surface area contributed by atoms with Crippen LogP contribution in [0, 0.1) is 5.92 Å². The highest BCUT2D eigenvalue weighted by Gasteiger charge is 2.46. The maximum absolute atomic E-state index is 6.22. The quantitative estimate of drug-likeness (QED) is 0.292. The molecule has 1 fully saturated rings. The van der Waals surface area contributed by atoms with Crippen molar-refractivity contribution in [3.8, 4) is 0 Å². The van der Waals surface area contributed by atoms with E-state index in [2.05, 4.69) is 37.3 Å². The molecule has 2 nitrogen and oxygen atoms in total. The molecule has 1 aromatic carbocycles. The SMILES string of the molecule is CCCCCCCCC(c1ccccc1)C(OC)(OC)C1CCCCC1. The van der Waals surface area contributed by atoms with Gasteiger partial charge < -0.3 is 9.47 Å². The fraction of sp³-hybridized carbons (Fsp3) is 0.750. The van der Waals surface area contributed by atoms with E-state index in [4.69, 9.17) is 9.47 Å². The summed E-state index contributed by atoms with van der Waals surface area (Å²) < 4.78 is 12.4. The molecule has 0 radical (unpaired) electrons. The van der Waals surface area contributed by atoms with E-state index in [1.807, 2.05) is 14.2 Å². The van der Waals surface area contributed by atoms with Crippen LogP contribution in [-0.2, 0) is 9.47 Å². The molecule has 0 N–H and O–H groups in total. The van der Waals surface area contributed by atoms with Gasteiger partial charge in [-0.2, -0.15) is 0 Å². The Kier molecular flexibility index (Phi) is 9.71. The number of methoxy groups -OCH3 is 2. The topological polar surface area (TPSA) is 18.5 Å². The highest BCUT2D eigenvalue weighted by Crippen LogP contribution is 2.46. The van der Waals surface area contributed by atoms with Crippen molar-refractivity contribution in [3.63, 3.8) is 0 Å². The molecule has 148 valence electrons. The maximum atomic E-state index is 6.22. The molecule has 0 saturated heterocycles. The third-order valence-electron chi connectivity index (χ3n) is 6.35. The largest absolute Gasteiger partial charge is 0.352 e. The fourth-order valence-electron chi connectivity index (χ4n) is 4.90. The third kappa shape index (κ3) is 5.57. The first-order valence-electron chi connectivity index (χ1n) is 10.9. The van der Waals surface area contributed by atoms with Crippen LogP contribution in [0.25, 0.3) is 0 Å². The summed E-state index contributed by atoms with van der Waals surface area (Å²) in [6.45, 7) is 2.28. The van der Waals surface area contributed by atoms with Gasteiger partial charge in [0.15, 0.2) is 5.79 Å². The third-order valence-corrected chi connectivity index (χ3v) is 6.35. The molecule has 2 heteroatoms. The Morgan fingerprint density at radius 2 is 1.50 bits per heavy atom. The molecule has 0 aromatic heterocycles. The monoisotopic (exact) mass is 360 g/mol. The second-order valence-electron chi connectivity index (χ2n) is 7.98. The number of benzene rings is 1. The van der Waals surface area contributed by atoms with E-state index in [0.717, 1.165) is 6.42 Å². The van der Waals surface area contributed by atoms with Gasteiger partial charge in [-0.05, 0) is 24.8 Å². The summed E-state index contributed by atoms with van der Waals surface area (Å²) in [5.74, 6) is 0.329. The zero-order valence-electron chi connectivity index (χ0n) is 17.3. The van der Waals surface area contributed by atoms with E-state index in [9.17, 15) is 0 Å². The van der Waals surface area contributed by atoms with Gasteiger partial charge in [-0.3, -0.25) is 0 Å². The average Bonchev–Trinajstić information content (AvgIpc) is 2.71. The molecule has 0 amide bonds. The van der Waals surface area contributed by atoms with Gasteiger partial charge in [0.05, 0.1) is 0 Å². The molecule has 1 aromatic rings. The Bertz CT molecular complexity index is 460. The molecule has 1 aliphatic carbocycles. The van der Waals surface area contributed by atoms with Crippen molar-refractivity contribution in [1.29, 1.82) is 0 Å². The molecule has 1 aliphatic rings. The van der Waals surface area contributed by atoms with E-state index < -0.39 is 5.79 Å². The van der Waals surface area contributed by atoms with Crippen molar-refractivity contribution in [1.82, 2.24) is 0 Å². The number of hydrogen-bond donors (Lipinski definition) is 0. The summed E-state index contributed by atoms with van der Waals surface area (Å²) in [6.07, 6.45) is 15.5. The summed E-state index contributed by atoms with van der Waals surface area (Å²) in [5, 5.41) is 0. The first kappa shape index (κ1) is 21.4. The number of hydrogen-bond acceptors (Lipinski definition) is 2. The lowest BCUT2D eigenvalue weighted by Crippen LogP contribution is -2.48. The second kappa shape index (κ2) is 11.8. The smallest absolute Gasteiger partial charge is 0.177 e. The van der Waals surface area contributed by atoms with Crippen molar-refractivity contribution < 1.29 is 9.47 Å². The molecule has 26 heavy (non-hydrogen) atoms. The van der Waals surface area contributed by atoms with E-state index in [1.54, 1.807) is 0 Å². The van der Waals surface area contributed by atoms with Crippen LogP contribution in [-0.4, -0.2) is 20.0 Å². The lowest BCUT2D eigenvalue weighted by molar-refractivity contribution is -0.260. The van der Waals surface area contributed by atoms with Gasteiger partial charge in [0.25, 0.3) is 0 Å². The van der Waals surface area contributed by atoms with E-state index in [-0.39, 0.29) is 0 Å². The lowest BCUT2D eigenvalue weighted by Gasteiger charge is -2.46. The predicted octanol–water partition coefficient (Wildman–Crippen LogP) is 7.09. The van der Waals surface area contributed by atoms with Crippen LogP contribution in [0.1, 0.15) is 95.5 Å². The highest BCUT2D eigenvalue weighted by molar-refractivity contribution is 5.23. The van der Waals surface area contributed by atoms with Crippen molar-refractivity contribution in [2.75, 3.05) is 14.2 Å². The molecular weight excluding hydrogens is 320 g/mol. The van der Waals surface area contributed by atoms with Crippen LogP contribution in [0.15, 0.2) is 30.3 Å². The average molecular weight is 361 g/mol. The minimum atomic E-state index is -0.481. The highest BCUT2D eigenvalue weighted by atomic mass is 16.7. The van der Waals surface area contributed by atoms with Crippen molar-refractivity contribution in [2.24, 2.45) is 5.92 Å². The maximum Gasteiger partial charge on any atom is 0.177 e.